The highest BCUT2D eigenvalue weighted by Crippen LogP contribution is 2.28. The third-order valence-electron chi connectivity index (χ3n) is 6.18. The van der Waals surface area contributed by atoms with Gasteiger partial charge >= 0.3 is 0 Å². The molecule has 1 aliphatic carbocycles. The zero-order chi connectivity index (χ0) is 25.3. The summed E-state index contributed by atoms with van der Waals surface area (Å²) in [6.07, 6.45) is 6.87. The van der Waals surface area contributed by atoms with Crippen LogP contribution in [-0.4, -0.2) is 35.5 Å². The fraction of sp³-hybridized carbons (Fsp3) is 0.240. The molecule has 0 aliphatic heterocycles. The van der Waals surface area contributed by atoms with Crippen LogP contribution in [0.2, 0.25) is 5.02 Å². The molecule has 2 heterocycles. The molecule has 4 N–H and O–H groups in total. The fourth-order valence-electron chi connectivity index (χ4n) is 4.28. The minimum absolute atomic E-state index is 0.0142. The summed E-state index contributed by atoms with van der Waals surface area (Å²) in [5.41, 5.74) is 7.28. The summed E-state index contributed by atoms with van der Waals surface area (Å²) in [5.74, 6) is -0.126. The van der Waals surface area contributed by atoms with Gasteiger partial charge in [-0.05, 0) is 49.9 Å². The van der Waals surface area contributed by atoms with Crippen molar-refractivity contribution in [3.05, 3.63) is 71.8 Å². The molecule has 0 unspecified atom stereocenters. The van der Waals surface area contributed by atoms with Crippen molar-refractivity contribution in [2.45, 2.75) is 42.7 Å². The second-order valence-electron chi connectivity index (χ2n) is 8.81. The number of nitrogens with zero attached hydrogens (tertiary/aromatic N) is 3. The highest BCUT2D eigenvalue weighted by atomic mass is 35.5. The molecule has 2 aromatic heterocycles. The van der Waals surface area contributed by atoms with Crippen molar-refractivity contribution in [2.24, 2.45) is 5.73 Å². The summed E-state index contributed by atoms with van der Waals surface area (Å²) in [5, 5.41) is 4.17. The van der Waals surface area contributed by atoms with Gasteiger partial charge in [0.25, 0.3) is 10.0 Å². The van der Waals surface area contributed by atoms with Crippen LogP contribution in [0.15, 0.2) is 65.8 Å². The van der Waals surface area contributed by atoms with Crippen LogP contribution in [0.4, 0.5) is 16.0 Å². The molecule has 0 radical (unpaired) electrons. The molecule has 5 rings (SSSR count). The van der Waals surface area contributed by atoms with Crippen LogP contribution >= 0.6 is 11.6 Å². The van der Waals surface area contributed by atoms with E-state index in [1.165, 1.54) is 18.3 Å². The SMILES string of the molecule is N[C@H]1CC[C@H](Nc2ncc3cc(-c4ncc(NS(=O)(=O)c5ccccc5Cl)cc4F)ccc3n2)CC1. The van der Waals surface area contributed by atoms with Crippen molar-refractivity contribution in [1.29, 1.82) is 0 Å². The zero-order valence-corrected chi connectivity index (χ0v) is 20.7. The first-order chi connectivity index (χ1) is 17.3. The van der Waals surface area contributed by atoms with E-state index in [0.717, 1.165) is 37.1 Å². The van der Waals surface area contributed by atoms with Crippen LogP contribution < -0.4 is 15.8 Å². The third kappa shape index (κ3) is 5.25. The lowest BCUT2D eigenvalue weighted by Gasteiger charge is -2.26. The lowest BCUT2D eigenvalue weighted by atomic mass is 9.92. The Balaban J connectivity index is 1.34. The largest absolute Gasteiger partial charge is 0.351 e. The van der Waals surface area contributed by atoms with Crippen molar-refractivity contribution in [2.75, 3.05) is 10.0 Å². The molecule has 0 atom stereocenters. The lowest BCUT2D eigenvalue weighted by molar-refractivity contribution is 0.410. The number of anilines is 2. The normalized spacial score (nSPS) is 18.2. The number of hydrogen-bond donors (Lipinski definition) is 3. The van der Waals surface area contributed by atoms with Crippen molar-refractivity contribution < 1.29 is 12.8 Å². The monoisotopic (exact) mass is 526 g/mol. The van der Waals surface area contributed by atoms with Crippen LogP contribution in [-0.2, 0) is 10.0 Å². The second kappa shape index (κ2) is 9.96. The van der Waals surface area contributed by atoms with E-state index in [-0.39, 0.29) is 27.3 Å². The average Bonchev–Trinajstić information content (AvgIpc) is 2.85. The van der Waals surface area contributed by atoms with E-state index in [4.69, 9.17) is 17.3 Å². The Morgan fingerprint density at radius 3 is 2.53 bits per heavy atom. The smallest absolute Gasteiger partial charge is 0.263 e. The van der Waals surface area contributed by atoms with Gasteiger partial charge in [0, 0.05) is 35.3 Å². The van der Waals surface area contributed by atoms with E-state index in [1.807, 2.05) is 0 Å². The summed E-state index contributed by atoms with van der Waals surface area (Å²) < 4.78 is 42.6. The van der Waals surface area contributed by atoms with Crippen LogP contribution in [0, 0.1) is 5.82 Å². The van der Waals surface area contributed by atoms with Crippen LogP contribution in [0.1, 0.15) is 25.7 Å². The van der Waals surface area contributed by atoms with Crippen molar-refractivity contribution in [3.63, 3.8) is 0 Å². The number of nitrogens with two attached hydrogens (primary N) is 1. The molecule has 2 aromatic carbocycles. The molecule has 11 heteroatoms. The van der Waals surface area contributed by atoms with Crippen molar-refractivity contribution >= 4 is 44.2 Å². The molecule has 0 spiro atoms. The number of fused-ring (bicyclic) bond motifs is 1. The van der Waals surface area contributed by atoms with Gasteiger partial charge in [-0.3, -0.25) is 9.71 Å². The van der Waals surface area contributed by atoms with Gasteiger partial charge in [0.05, 0.1) is 22.4 Å². The average molecular weight is 527 g/mol. The lowest BCUT2D eigenvalue weighted by Crippen LogP contribution is -2.33. The minimum atomic E-state index is -4.00. The second-order valence-corrected chi connectivity index (χ2v) is 10.9. The summed E-state index contributed by atoms with van der Waals surface area (Å²) in [4.78, 5) is 13.0. The van der Waals surface area contributed by atoms with Gasteiger partial charge < -0.3 is 11.1 Å². The molecule has 8 nitrogen and oxygen atoms in total. The zero-order valence-electron chi connectivity index (χ0n) is 19.2. The Kier molecular flexibility index (Phi) is 6.74. The highest BCUT2D eigenvalue weighted by Gasteiger charge is 2.20. The van der Waals surface area contributed by atoms with E-state index < -0.39 is 15.8 Å². The van der Waals surface area contributed by atoms with Gasteiger partial charge in [-0.1, -0.05) is 29.8 Å². The topological polar surface area (TPSA) is 123 Å². The molecular weight excluding hydrogens is 503 g/mol. The number of aromatic nitrogens is 3. The Morgan fingerprint density at radius 2 is 1.78 bits per heavy atom. The molecule has 0 saturated heterocycles. The molecular formula is C25H24ClFN6O2S. The molecule has 4 aromatic rings. The number of pyridine rings is 1. The first kappa shape index (κ1) is 24.4. The molecule has 36 heavy (non-hydrogen) atoms. The summed E-state index contributed by atoms with van der Waals surface area (Å²) in [6, 6.07) is 12.9. The van der Waals surface area contributed by atoms with E-state index in [9.17, 15) is 12.8 Å². The predicted molar refractivity (Wildman–Crippen MR) is 139 cm³/mol. The maximum absolute atomic E-state index is 15.0. The molecule has 0 amide bonds. The predicted octanol–water partition coefficient (Wildman–Crippen LogP) is 4.97. The Labute approximate surface area is 213 Å². The van der Waals surface area contributed by atoms with Crippen LogP contribution in [0.3, 0.4) is 0 Å². The van der Waals surface area contributed by atoms with E-state index >= 15 is 0 Å². The Hall–Kier alpha value is -3.34. The van der Waals surface area contributed by atoms with Gasteiger partial charge in [-0.2, -0.15) is 0 Å². The number of hydrogen-bond acceptors (Lipinski definition) is 7. The summed E-state index contributed by atoms with van der Waals surface area (Å²) in [7, 11) is -4.00. The maximum atomic E-state index is 15.0. The first-order valence-electron chi connectivity index (χ1n) is 11.5. The Morgan fingerprint density at radius 1 is 1.00 bits per heavy atom. The molecule has 1 saturated carbocycles. The molecule has 1 aliphatic rings. The Bertz CT molecular complexity index is 1530. The summed E-state index contributed by atoms with van der Waals surface area (Å²) in [6.45, 7) is 0. The van der Waals surface area contributed by atoms with Crippen LogP contribution in [0.25, 0.3) is 22.2 Å². The summed E-state index contributed by atoms with van der Waals surface area (Å²) >= 11 is 6.00. The molecule has 186 valence electrons. The molecule has 1 fully saturated rings. The van der Waals surface area contributed by atoms with E-state index in [2.05, 4.69) is 25.0 Å². The number of halogens is 2. The highest BCUT2D eigenvalue weighted by molar-refractivity contribution is 7.92. The number of nitrogens with one attached hydrogen (secondary N) is 2. The van der Waals surface area contributed by atoms with Gasteiger partial charge in [0.1, 0.15) is 10.6 Å². The van der Waals surface area contributed by atoms with Gasteiger partial charge in [0.2, 0.25) is 5.95 Å². The number of benzene rings is 2. The fourth-order valence-corrected chi connectivity index (χ4v) is 5.83. The van der Waals surface area contributed by atoms with Gasteiger partial charge in [-0.15, -0.1) is 0 Å². The molecule has 0 bridgehead atoms. The van der Waals surface area contributed by atoms with Gasteiger partial charge in [-0.25, -0.2) is 22.8 Å². The van der Waals surface area contributed by atoms with E-state index in [0.29, 0.717) is 23.1 Å². The third-order valence-corrected chi connectivity index (χ3v) is 8.06. The number of rotatable bonds is 6. The first-order valence-corrected chi connectivity index (χ1v) is 13.4. The van der Waals surface area contributed by atoms with Crippen molar-refractivity contribution in [1.82, 2.24) is 15.0 Å². The quantitative estimate of drug-likeness (QED) is 0.324. The van der Waals surface area contributed by atoms with Gasteiger partial charge in [0.15, 0.2) is 5.82 Å². The standard InChI is InChI=1S/C25H24ClFN6O2S/c26-20-3-1-2-4-23(20)36(34,35)33-19-12-21(27)24(29-14-19)15-5-10-22-16(11-15)13-30-25(32-22)31-18-8-6-17(28)7-9-18/h1-5,10-14,17-18,33H,6-9,28H2,(H,30,31,32)/t17-,18-. The maximum Gasteiger partial charge on any atom is 0.263 e. The van der Waals surface area contributed by atoms with Crippen LogP contribution in [0.5, 0.6) is 0 Å². The van der Waals surface area contributed by atoms with E-state index in [1.54, 1.807) is 36.5 Å². The minimum Gasteiger partial charge on any atom is -0.351 e. The number of sulfonamides is 1. The van der Waals surface area contributed by atoms with Crippen molar-refractivity contribution in [3.8, 4) is 11.3 Å².